The molecule has 2 atom stereocenters. The highest BCUT2D eigenvalue weighted by Gasteiger charge is 2.53. The Morgan fingerprint density at radius 2 is 1.88 bits per heavy atom. The molecule has 8 heteroatoms. The van der Waals surface area contributed by atoms with Crippen molar-refractivity contribution in [1.29, 1.82) is 0 Å². The summed E-state index contributed by atoms with van der Waals surface area (Å²) in [7, 11) is -2.03. The number of anilines is 1. The van der Waals surface area contributed by atoms with Gasteiger partial charge in [-0.25, -0.2) is 8.42 Å². The van der Waals surface area contributed by atoms with E-state index in [0.29, 0.717) is 5.69 Å². The van der Waals surface area contributed by atoms with E-state index < -0.39 is 15.6 Å². The number of nitrogens with one attached hydrogen (secondary N) is 1. The maximum absolute atomic E-state index is 12.3. The van der Waals surface area contributed by atoms with Crippen LogP contribution in [-0.4, -0.2) is 56.0 Å². The molecule has 1 aromatic heterocycles. The van der Waals surface area contributed by atoms with E-state index in [1.807, 2.05) is 36.5 Å². The molecule has 180 valence electrons. The monoisotopic (exact) mass is 481 g/mol. The van der Waals surface area contributed by atoms with Crippen molar-refractivity contribution in [2.45, 2.75) is 25.0 Å². The van der Waals surface area contributed by atoms with Gasteiger partial charge in [-0.3, -0.25) is 14.6 Å². The van der Waals surface area contributed by atoms with Crippen molar-refractivity contribution in [3.05, 3.63) is 71.9 Å². The summed E-state index contributed by atoms with van der Waals surface area (Å²) in [4.78, 5) is 7.01. The molecule has 0 radical (unpaired) electrons. The fraction of sp³-hybridized carbons (Fsp3) is 0.423. The van der Waals surface area contributed by atoms with E-state index in [1.165, 1.54) is 12.7 Å². The van der Waals surface area contributed by atoms with E-state index in [0.717, 1.165) is 48.9 Å². The fourth-order valence-electron chi connectivity index (χ4n) is 5.65. The predicted octanol–water partition coefficient (Wildman–Crippen LogP) is 3.35. The van der Waals surface area contributed by atoms with E-state index in [-0.39, 0.29) is 24.2 Å². The smallest absolute Gasteiger partial charge is 0.234 e. The van der Waals surface area contributed by atoms with Crippen LogP contribution in [0.2, 0.25) is 0 Å². The van der Waals surface area contributed by atoms with E-state index in [9.17, 15) is 13.5 Å². The van der Waals surface area contributed by atoms with Crippen molar-refractivity contribution < 1.29 is 18.3 Å². The summed E-state index contributed by atoms with van der Waals surface area (Å²) >= 11 is 0. The average molecular weight is 482 g/mol. The number of aromatic nitrogens is 1. The molecular weight excluding hydrogens is 450 g/mol. The van der Waals surface area contributed by atoms with Gasteiger partial charge in [-0.1, -0.05) is 30.3 Å². The molecule has 2 heterocycles. The molecule has 1 saturated carbocycles. The second kappa shape index (κ2) is 9.26. The quantitative estimate of drug-likeness (QED) is 0.513. The molecule has 5 rings (SSSR count). The third-order valence-electron chi connectivity index (χ3n) is 7.27. The van der Waals surface area contributed by atoms with Crippen LogP contribution in [-0.2, 0) is 26.9 Å². The van der Waals surface area contributed by atoms with Crippen LogP contribution in [0.5, 0.6) is 0 Å². The number of nitrogens with zero attached hydrogens (tertiary/aromatic N) is 2. The first-order valence-electron chi connectivity index (χ1n) is 11.8. The van der Waals surface area contributed by atoms with Gasteiger partial charge >= 0.3 is 0 Å². The number of piperidine rings is 1. The van der Waals surface area contributed by atoms with Gasteiger partial charge in [0.15, 0.2) is 0 Å². The van der Waals surface area contributed by atoms with Crippen LogP contribution in [0.25, 0.3) is 10.9 Å². The van der Waals surface area contributed by atoms with Crippen molar-refractivity contribution in [3.63, 3.8) is 0 Å². The lowest BCUT2D eigenvalue weighted by molar-refractivity contribution is -0.0914. The lowest BCUT2D eigenvalue weighted by atomic mass is 9.75. The molecule has 2 unspecified atom stereocenters. The third kappa shape index (κ3) is 4.55. The van der Waals surface area contributed by atoms with Crippen molar-refractivity contribution in [2.24, 2.45) is 11.8 Å². The normalized spacial score (nSPS) is 25.0. The zero-order chi connectivity index (χ0) is 23.8. The SMILES string of the molecule is COCCS(=O)(=O)Nc1cccc(C2(O)C3CCC2CN(Cc2cnc4ccccc4c2)C3)c1. The standard InChI is InChI=1S/C26H31N3O4S/c1-33-11-12-34(31,32)28-24-7-4-6-21(14-24)26(30)22-9-10-23(26)18-29(17-22)16-19-13-20-5-2-3-8-25(20)27-15-19/h2-8,13-15,22-23,28,30H,9-12,16-18H2,1H3. The van der Waals surface area contributed by atoms with E-state index in [1.54, 1.807) is 12.1 Å². The zero-order valence-electron chi connectivity index (χ0n) is 19.4. The lowest BCUT2D eigenvalue weighted by Crippen LogP contribution is -2.51. The summed E-state index contributed by atoms with van der Waals surface area (Å²) in [5.41, 5.74) is 2.49. The molecule has 34 heavy (non-hydrogen) atoms. The number of ether oxygens (including phenoxy) is 1. The van der Waals surface area contributed by atoms with Crippen molar-refractivity contribution in [1.82, 2.24) is 9.88 Å². The molecule has 7 nitrogen and oxygen atoms in total. The highest BCUT2D eigenvalue weighted by atomic mass is 32.2. The van der Waals surface area contributed by atoms with E-state index in [2.05, 4.69) is 26.7 Å². The Labute approximate surface area is 200 Å². The maximum Gasteiger partial charge on any atom is 0.234 e. The number of benzene rings is 2. The first-order chi connectivity index (χ1) is 16.4. The summed E-state index contributed by atoms with van der Waals surface area (Å²) in [5, 5.41) is 13.0. The van der Waals surface area contributed by atoms with Gasteiger partial charge in [0.1, 0.15) is 0 Å². The first-order valence-corrected chi connectivity index (χ1v) is 13.4. The van der Waals surface area contributed by atoms with Crippen LogP contribution in [0.15, 0.2) is 60.8 Å². The highest BCUT2D eigenvalue weighted by Crippen LogP contribution is 2.51. The Kier molecular flexibility index (Phi) is 6.33. The molecule has 1 saturated heterocycles. The van der Waals surface area contributed by atoms with Gasteiger partial charge in [-0.2, -0.15) is 0 Å². The lowest BCUT2D eigenvalue weighted by Gasteiger charge is -2.45. The molecule has 1 aliphatic carbocycles. The molecule has 2 fully saturated rings. The number of sulfonamides is 1. The van der Waals surface area contributed by atoms with Crippen LogP contribution in [0.1, 0.15) is 24.0 Å². The topological polar surface area (TPSA) is 91.8 Å². The van der Waals surface area contributed by atoms with Crippen LogP contribution in [0.3, 0.4) is 0 Å². The molecule has 0 amide bonds. The summed E-state index contributed by atoms with van der Waals surface area (Å²) in [6.07, 6.45) is 3.86. The average Bonchev–Trinajstić information content (AvgIpc) is 2.99. The molecule has 2 aromatic carbocycles. The third-order valence-corrected chi connectivity index (χ3v) is 8.52. The second-order valence-corrected chi connectivity index (χ2v) is 11.4. The van der Waals surface area contributed by atoms with Crippen molar-refractivity contribution >= 4 is 26.6 Å². The Hall–Kier alpha value is -2.52. The summed E-state index contributed by atoms with van der Waals surface area (Å²) in [6.45, 7) is 2.53. The zero-order valence-corrected chi connectivity index (χ0v) is 20.2. The van der Waals surface area contributed by atoms with Gasteiger partial charge in [0, 0.05) is 55.9 Å². The number of rotatable bonds is 8. The molecule has 3 aromatic rings. The second-order valence-electron chi connectivity index (χ2n) is 9.52. The minimum absolute atomic E-state index is 0.0972. The van der Waals surface area contributed by atoms with Crippen LogP contribution in [0, 0.1) is 11.8 Å². The van der Waals surface area contributed by atoms with Gasteiger partial charge in [0.25, 0.3) is 0 Å². The van der Waals surface area contributed by atoms with E-state index in [4.69, 9.17) is 4.74 Å². The van der Waals surface area contributed by atoms with Gasteiger partial charge < -0.3 is 9.84 Å². The van der Waals surface area contributed by atoms with Crippen LogP contribution < -0.4 is 4.72 Å². The maximum atomic E-state index is 12.3. The van der Waals surface area contributed by atoms with Gasteiger partial charge in [-0.05, 0) is 48.2 Å². The number of hydrogen-bond acceptors (Lipinski definition) is 6. The Morgan fingerprint density at radius 3 is 2.65 bits per heavy atom. The minimum atomic E-state index is -3.51. The Morgan fingerprint density at radius 1 is 1.12 bits per heavy atom. The molecule has 2 aliphatic rings. The molecule has 2 bridgehead atoms. The van der Waals surface area contributed by atoms with Gasteiger partial charge in [0.05, 0.1) is 23.5 Å². The largest absolute Gasteiger partial charge is 0.384 e. The van der Waals surface area contributed by atoms with Crippen LogP contribution in [0.4, 0.5) is 5.69 Å². The minimum Gasteiger partial charge on any atom is -0.384 e. The summed E-state index contributed by atoms with van der Waals surface area (Å²) in [6, 6.07) is 17.6. The first kappa shape index (κ1) is 23.2. The van der Waals surface area contributed by atoms with Crippen LogP contribution >= 0.6 is 0 Å². The number of aliphatic hydroxyl groups is 1. The van der Waals surface area contributed by atoms with Crippen molar-refractivity contribution in [2.75, 3.05) is 37.3 Å². The number of hydrogen-bond donors (Lipinski definition) is 2. The van der Waals surface area contributed by atoms with Gasteiger partial charge in [0.2, 0.25) is 10.0 Å². The van der Waals surface area contributed by atoms with Crippen molar-refractivity contribution in [3.8, 4) is 0 Å². The molecule has 0 spiro atoms. The number of fused-ring (bicyclic) bond motifs is 3. The number of pyridine rings is 1. The number of likely N-dealkylation sites (tertiary alicyclic amines) is 1. The summed E-state index contributed by atoms with van der Waals surface area (Å²) in [5.74, 6) is 0.0852. The highest BCUT2D eigenvalue weighted by molar-refractivity contribution is 7.92. The Balaban J connectivity index is 1.32. The van der Waals surface area contributed by atoms with E-state index >= 15 is 0 Å². The fourth-order valence-corrected chi connectivity index (χ4v) is 6.63. The summed E-state index contributed by atoms with van der Waals surface area (Å²) < 4.78 is 32.1. The molecular formula is C26H31N3O4S. The number of para-hydroxylation sites is 1. The predicted molar refractivity (Wildman–Crippen MR) is 133 cm³/mol. The van der Waals surface area contributed by atoms with Gasteiger partial charge in [-0.15, -0.1) is 0 Å². The Bertz CT molecular complexity index is 1270. The molecule has 1 aliphatic heterocycles. The number of methoxy groups -OCH3 is 1. The molecule has 2 N–H and O–H groups in total.